The molecule has 1 aliphatic rings. The van der Waals surface area contributed by atoms with Gasteiger partial charge in [0.2, 0.25) is 0 Å². The predicted molar refractivity (Wildman–Crippen MR) is 74.5 cm³/mol. The van der Waals surface area contributed by atoms with E-state index in [-0.39, 0.29) is 5.60 Å². The van der Waals surface area contributed by atoms with E-state index >= 15 is 0 Å². The molecule has 2 rings (SSSR count). The van der Waals surface area contributed by atoms with Gasteiger partial charge in [-0.05, 0) is 31.9 Å². The van der Waals surface area contributed by atoms with Crippen molar-refractivity contribution >= 4 is 0 Å². The first-order valence-electron chi connectivity index (χ1n) is 6.73. The van der Waals surface area contributed by atoms with E-state index in [9.17, 15) is 0 Å². The summed E-state index contributed by atoms with van der Waals surface area (Å²) < 4.78 is 5.66. The van der Waals surface area contributed by atoms with E-state index in [0.29, 0.717) is 12.6 Å². The second-order valence-electron chi connectivity index (χ2n) is 5.39. The standard InChI is InChI=1S/C15H24N2O/c1-15(18-2)9-6-10-17(12-15)14(11-16)13-7-4-3-5-8-13/h3-5,7-8,14H,6,9-12,16H2,1-2H3. The monoisotopic (exact) mass is 248 g/mol. The molecule has 0 amide bonds. The third kappa shape index (κ3) is 2.91. The molecule has 2 unspecified atom stereocenters. The average Bonchev–Trinajstić information content (AvgIpc) is 2.41. The van der Waals surface area contributed by atoms with Crippen molar-refractivity contribution in [1.29, 1.82) is 0 Å². The summed E-state index contributed by atoms with van der Waals surface area (Å²) in [5.41, 5.74) is 7.26. The fourth-order valence-electron chi connectivity index (χ4n) is 2.85. The normalized spacial score (nSPS) is 27.1. The van der Waals surface area contributed by atoms with Crippen LogP contribution in [0.15, 0.2) is 30.3 Å². The molecule has 18 heavy (non-hydrogen) atoms. The van der Waals surface area contributed by atoms with Crippen LogP contribution < -0.4 is 5.73 Å². The topological polar surface area (TPSA) is 38.5 Å². The lowest BCUT2D eigenvalue weighted by Crippen LogP contribution is -2.49. The van der Waals surface area contributed by atoms with Crippen LogP contribution in [0.3, 0.4) is 0 Å². The van der Waals surface area contributed by atoms with Crippen molar-refractivity contribution < 1.29 is 4.74 Å². The molecule has 0 aromatic heterocycles. The molecule has 0 bridgehead atoms. The number of piperidine rings is 1. The molecular formula is C15H24N2O. The Hall–Kier alpha value is -0.900. The van der Waals surface area contributed by atoms with E-state index in [4.69, 9.17) is 10.5 Å². The van der Waals surface area contributed by atoms with Gasteiger partial charge < -0.3 is 10.5 Å². The lowest BCUT2D eigenvalue weighted by Gasteiger charge is -2.43. The molecule has 0 radical (unpaired) electrons. The first kappa shape index (κ1) is 13.5. The number of hydrogen-bond donors (Lipinski definition) is 1. The fraction of sp³-hybridized carbons (Fsp3) is 0.600. The number of nitrogens with zero attached hydrogens (tertiary/aromatic N) is 1. The molecular weight excluding hydrogens is 224 g/mol. The Morgan fingerprint density at radius 2 is 2.11 bits per heavy atom. The Kier molecular flexibility index (Phi) is 4.38. The highest BCUT2D eigenvalue weighted by atomic mass is 16.5. The Labute approximate surface area is 110 Å². The van der Waals surface area contributed by atoms with Gasteiger partial charge in [-0.2, -0.15) is 0 Å². The van der Waals surface area contributed by atoms with Crippen LogP contribution in [0.4, 0.5) is 0 Å². The average molecular weight is 248 g/mol. The number of nitrogens with two attached hydrogens (primary N) is 1. The van der Waals surface area contributed by atoms with E-state index < -0.39 is 0 Å². The van der Waals surface area contributed by atoms with Crippen LogP contribution in [0.1, 0.15) is 31.4 Å². The van der Waals surface area contributed by atoms with Crippen molar-refractivity contribution in [2.75, 3.05) is 26.7 Å². The molecule has 0 spiro atoms. The summed E-state index contributed by atoms with van der Waals surface area (Å²) in [5, 5.41) is 0. The summed E-state index contributed by atoms with van der Waals surface area (Å²) in [7, 11) is 1.81. The van der Waals surface area contributed by atoms with Crippen LogP contribution in [0, 0.1) is 0 Å². The van der Waals surface area contributed by atoms with Crippen LogP contribution in [0.2, 0.25) is 0 Å². The van der Waals surface area contributed by atoms with E-state index in [1.165, 1.54) is 12.0 Å². The van der Waals surface area contributed by atoms with Crippen LogP contribution in [-0.4, -0.2) is 37.2 Å². The highest BCUT2D eigenvalue weighted by Gasteiger charge is 2.33. The van der Waals surface area contributed by atoms with Crippen LogP contribution in [0.25, 0.3) is 0 Å². The van der Waals surface area contributed by atoms with Gasteiger partial charge in [-0.25, -0.2) is 0 Å². The van der Waals surface area contributed by atoms with Gasteiger partial charge >= 0.3 is 0 Å². The van der Waals surface area contributed by atoms with Gasteiger partial charge in [0.15, 0.2) is 0 Å². The third-order valence-electron chi connectivity index (χ3n) is 4.03. The van der Waals surface area contributed by atoms with Crippen LogP contribution in [0.5, 0.6) is 0 Å². The van der Waals surface area contributed by atoms with Gasteiger partial charge in [0.1, 0.15) is 0 Å². The summed E-state index contributed by atoms with van der Waals surface area (Å²) in [6.45, 7) is 4.91. The second-order valence-corrected chi connectivity index (χ2v) is 5.39. The maximum atomic E-state index is 5.98. The minimum atomic E-state index is -0.0273. The first-order chi connectivity index (χ1) is 8.68. The van der Waals surface area contributed by atoms with Crippen molar-refractivity contribution in [2.24, 2.45) is 5.73 Å². The first-order valence-corrected chi connectivity index (χ1v) is 6.73. The smallest absolute Gasteiger partial charge is 0.0777 e. The highest BCUT2D eigenvalue weighted by molar-refractivity contribution is 5.19. The Balaban J connectivity index is 2.13. The Morgan fingerprint density at radius 1 is 1.39 bits per heavy atom. The second kappa shape index (κ2) is 5.83. The van der Waals surface area contributed by atoms with Crippen molar-refractivity contribution in [3.8, 4) is 0 Å². The molecule has 100 valence electrons. The zero-order chi connectivity index (χ0) is 13.0. The predicted octanol–water partition coefficient (Wildman–Crippen LogP) is 2.19. The molecule has 1 fully saturated rings. The van der Waals surface area contributed by atoms with Gasteiger partial charge in [0.25, 0.3) is 0 Å². The summed E-state index contributed by atoms with van der Waals surface area (Å²) >= 11 is 0. The minimum Gasteiger partial charge on any atom is -0.377 e. The molecule has 2 N–H and O–H groups in total. The van der Waals surface area contributed by atoms with E-state index in [0.717, 1.165) is 19.5 Å². The lowest BCUT2D eigenvalue weighted by molar-refractivity contribution is -0.0608. The SMILES string of the molecule is COC1(C)CCCN(C(CN)c2ccccc2)C1. The molecule has 3 heteroatoms. The van der Waals surface area contributed by atoms with Gasteiger partial charge in [-0.3, -0.25) is 4.90 Å². The van der Waals surface area contributed by atoms with Gasteiger partial charge in [0, 0.05) is 26.2 Å². The number of hydrogen-bond acceptors (Lipinski definition) is 3. The maximum Gasteiger partial charge on any atom is 0.0777 e. The number of rotatable bonds is 4. The van der Waals surface area contributed by atoms with E-state index in [1.54, 1.807) is 0 Å². The highest BCUT2D eigenvalue weighted by Crippen LogP contribution is 2.30. The summed E-state index contributed by atoms with van der Waals surface area (Å²) in [5.74, 6) is 0. The van der Waals surface area contributed by atoms with Crippen molar-refractivity contribution in [2.45, 2.75) is 31.4 Å². The van der Waals surface area contributed by atoms with Gasteiger partial charge in [-0.1, -0.05) is 30.3 Å². The molecule has 1 aromatic carbocycles. The molecule has 1 saturated heterocycles. The molecule has 2 atom stereocenters. The van der Waals surface area contributed by atoms with Crippen LogP contribution >= 0.6 is 0 Å². The minimum absolute atomic E-state index is 0.0273. The number of methoxy groups -OCH3 is 1. The lowest BCUT2D eigenvalue weighted by atomic mass is 9.92. The molecule has 0 saturated carbocycles. The number of benzene rings is 1. The Morgan fingerprint density at radius 3 is 2.72 bits per heavy atom. The number of ether oxygens (including phenoxy) is 1. The summed E-state index contributed by atoms with van der Waals surface area (Å²) in [6.07, 6.45) is 2.31. The Bertz CT molecular complexity index is 368. The van der Waals surface area contributed by atoms with Crippen LogP contribution in [-0.2, 0) is 4.74 Å². The molecule has 1 heterocycles. The van der Waals surface area contributed by atoms with E-state index in [2.05, 4.69) is 36.1 Å². The summed E-state index contributed by atoms with van der Waals surface area (Å²) in [4.78, 5) is 2.46. The maximum absolute atomic E-state index is 5.98. The zero-order valence-electron chi connectivity index (χ0n) is 11.4. The van der Waals surface area contributed by atoms with Crippen molar-refractivity contribution in [3.05, 3.63) is 35.9 Å². The van der Waals surface area contributed by atoms with Gasteiger partial charge in [-0.15, -0.1) is 0 Å². The van der Waals surface area contributed by atoms with E-state index in [1.807, 2.05) is 13.2 Å². The quantitative estimate of drug-likeness (QED) is 0.887. The molecule has 0 aliphatic carbocycles. The van der Waals surface area contributed by atoms with Crippen molar-refractivity contribution in [1.82, 2.24) is 4.90 Å². The zero-order valence-corrected chi connectivity index (χ0v) is 11.4. The fourth-order valence-corrected chi connectivity index (χ4v) is 2.85. The molecule has 1 aliphatic heterocycles. The third-order valence-corrected chi connectivity index (χ3v) is 4.03. The summed E-state index contributed by atoms with van der Waals surface area (Å²) in [6, 6.07) is 10.8. The van der Waals surface area contributed by atoms with Gasteiger partial charge in [0.05, 0.1) is 5.60 Å². The largest absolute Gasteiger partial charge is 0.377 e. The van der Waals surface area contributed by atoms with Crippen molar-refractivity contribution in [3.63, 3.8) is 0 Å². The number of likely N-dealkylation sites (tertiary alicyclic amines) is 1. The molecule has 3 nitrogen and oxygen atoms in total. The molecule has 1 aromatic rings.